The van der Waals surface area contributed by atoms with Gasteiger partial charge in [-0.05, 0) is 6.42 Å². The van der Waals surface area contributed by atoms with Crippen molar-refractivity contribution >= 4 is 21.6 Å². The Morgan fingerprint density at radius 2 is 1.56 bits per heavy atom. The number of rotatable bonds is 0. The van der Waals surface area contributed by atoms with Crippen LogP contribution < -0.4 is 0 Å². The lowest BCUT2D eigenvalue weighted by atomic mass is 10.2. The summed E-state index contributed by atoms with van der Waals surface area (Å²) < 4.78 is 0. The molecule has 48 valence electrons. The summed E-state index contributed by atoms with van der Waals surface area (Å²) in [7, 11) is 4.01. The van der Waals surface area contributed by atoms with Crippen molar-refractivity contribution in [1.29, 1.82) is 0 Å². The Balaban J connectivity index is 2.20. The van der Waals surface area contributed by atoms with Gasteiger partial charge in [-0.1, -0.05) is 45.9 Å². The van der Waals surface area contributed by atoms with Crippen molar-refractivity contribution in [3.8, 4) is 0 Å². The van der Waals surface area contributed by atoms with Crippen LogP contribution in [0.25, 0.3) is 0 Å². The molecule has 2 aliphatic rings. The molecule has 0 spiro atoms. The third kappa shape index (κ3) is 1.19. The minimum atomic E-state index is 0.787. The third-order valence-corrected chi connectivity index (χ3v) is 4.65. The van der Waals surface area contributed by atoms with Crippen LogP contribution in [-0.4, -0.2) is 10.5 Å². The Morgan fingerprint density at radius 1 is 1.00 bits per heavy atom. The summed E-state index contributed by atoms with van der Waals surface area (Å²) in [6, 6.07) is 0. The summed E-state index contributed by atoms with van der Waals surface area (Å²) in [6.07, 6.45) is 10.2. The first kappa shape index (κ1) is 5.93. The smallest absolute Gasteiger partial charge is 0.0348 e. The van der Waals surface area contributed by atoms with Crippen LogP contribution in [0.4, 0.5) is 0 Å². The van der Waals surface area contributed by atoms with Crippen LogP contribution in [0.3, 0.4) is 0 Å². The van der Waals surface area contributed by atoms with Crippen molar-refractivity contribution < 1.29 is 0 Å². The number of hydrogen-bond donors (Lipinski definition) is 0. The zero-order chi connectivity index (χ0) is 6.10. The fourth-order valence-corrected chi connectivity index (χ4v) is 4.05. The van der Waals surface area contributed by atoms with Gasteiger partial charge in [0.1, 0.15) is 0 Å². The van der Waals surface area contributed by atoms with Gasteiger partial charge in [-0.2, -0.15) is 0 Å². The van der Waals surface area contributed by atoms with E-state index in [9.17, 15) is 0 Å². The fraction of sp³-hybridized carbons (Fsp3) is 0.429. The summed E-state index contributed by atoms with van der Waals surface area (Å²) in [5, 5.41) is 1.57. The second-order valence-electron chi connectivity index (χ2n) is 2.27. The van der Waals surface area contributed by atoms with Crippen LogP contribution in [0, 0.1) is 0 Å². The van der Waals surface area contributed by atoms with Crippen LogP contribution in [-0.2, 0) is 0 Å². The molecule has 1 saturated heterocycles. The first-order chi connectivity index (χ1) is 4.45. The van der Waals surface area contributed by atoms with Crippen LogP contribution in [0.1, 0.15) is 6.42 Å². The first-order valence-electron chi connectivity index (χ1n) is 3.12. The van der Waals surface area contributed by atoms with Crippen molar-refractivity contribution in [1.82, 2.24) is 0 Å². The van der Waals surface area contributed by atoms with E-state index in [0.717, 1.165) is 10.5 Å². The molecular formula is C7H8S2. The largest absolute Gasteiger partial charge is 0.0859 e. The molecule has 2 heteroatoms. The number of fused-ring (bicyclic) bond motifs is 2. The monoisotopic (exact) mass is 156 g/mol. The van der Waals surface area contributed by atoms with E-state index in [1.807, 2.05) is 21.6 Å². The van der Waals surface area contributed by atoms with E-state index in [4.69, 9.17) is 0 Å². The molecule has 0 aromatic heterocycles. The summed E-state index contributed by atoms with van der Waals surface area (Å²) >= 11 is 0. The molecule has 1 aliphatic heterocycles. The minimum absolute atomic E-state index is 0.787. The lowest BCUT2D eigenvalue weighted by Crippen LogP contribution is -1.95. The van der Waals surface area contributed by atoms with Crippen molar-refractivity contribution in [2.45, 2.75) is 16.9 Å². The van der Waals surface area contributed by atoms with Gasteiger partial charge in [0.25, 0.3) is 0 Å². The Morgan fingerprint density at radius 3 is 2.11 bits per heavy atom. The second-order valence-corrected chi connectivity index (χ2v) is 5.03. The molecule has 0 saturated carbocycles. The molecule has 1 heterocycles. The highest BCUT2D eigenvalue weighted by Gasteiger charge is 2.22. The van der Waals surface area contributed by atoms with Gasteiger partial charge in [0.15, 0.2) is 0 Å². The molecule has 1 fully saturated rings. The number of hydrogen-bond acceptors (Lipinski definition) is 2. The Bertz CT molecular complexity index is 142. The van der Waals surface area contributed by atoms with Crippen LogP contribution >= 0.6 is 21.6 Å². The third-order valence-electron chi connectivity index (χ3n) is 1.53. The Labute approximate surface area is 63.2 Å². The molecule has 0 radical (unpaired) electrons. The summed E-state index contributed by atoms with van der Waals surface area (Å²) in [5.74, 6) is 0. The van der Waals surface area contributed by atoms with E-state index in [1.165, 1.54) is 6.42 Å². The van der Waals surface area contributed by atoms with Crippen LogP contribution in [0.5, 0.6) is 0 Å². The molecular weight excluding hydrogens is 148 g/mol. The van der Waals surface area contributed by atoms with Crippen LogP contribution in [0.2, 0.25) is 0 Å². The van der Waals surface area contributed by atoms with E-state index in [0.29, 0.717) is 0 Å². The van der Waals surface area contributed by atoms with Crippen molar-refractivity contribution in [2.75, 3.05) is 0 Å². The molecule has 0 nitrogen and oxygen atoms in total. The van der Waals surface area contributed by atoms with Crippen LogP contribution in [0.15, 0.2) is 24.3 Å². The number of allylic oxidation sites excluding steroid dienone is 2. The topological polar surface area (TPSA) is 0 Å². The fourth-order valence-electron chi connectivity index (χ4n) is 1.05. The minimum Gasteiger partial charge on any atom is -0.0859 e. The van der Waals surface area contributed by atoms with E-state index in [2.05, 4.69) is 24.3 Å². The van der Waals surface area contributed by atoms with Gasteiger partial charge in [0.05, 0.1) is 0 Å². The van der Waals surface area contributed by atoms with Crippen molar-refractivity contribution in [3.05, 3.63) is 24.3 Å². The molecule has 2 bridgehead atoms. The average molecular weight is 156 g/mol. The van der Waals surface area contributed by atoms with E-state index in [-0.39, 0.29) is 0 Å². The molecule has 9 heavy (non-hydrogen) atoms. The molecule has 1 aliphatic carbocycles. The lowest BCUT2D eigenvalue weighted by Gasteiger charge is -1.94. The van der Waals surface area contributed by atoms with E-state index < -0.39 is 0 Å². The van der Waals surface area contributed by atoms with Gasteiger partial charge in [-0.25, -0.2) is 0 Å². The van der Waals surface area contributed by atoms with Gasteiger partial charge in [0.2, 0.25) is 0 Å². The van der Waals surface area contributed by atoms with Gasteiger partial charge in [-0.15, -0.1) is 0 Å². The zero-order valence-electron chi connectivity index (χ0n) is 4.99. The van der Waals surface area contributed by atoms with Gasteiger partial charge in [0, 0.05) is 10.5 Å². The maximum atomic E-state index is 2.29. The molecule has 0 aromatic carbocycles. The summed E-state index contributed by atoms with van der Waals surface area (Å²) in [5.41, 5.74) is 0. The highest BCUT2D eigenvalue weighted by atomic mass is 33.1. The first-order valence-corrected chi connectivity index (χ1v) is 5.40. The predicted molar refractivity (Wildman–Crippen MR) is 45.7 cm³/mol. The molecule has 2 rings (SSSR count). The highest BCUT2D eigenvalue weighted by Crippen LogP contribution is 2.45. The molecule has 1 unspecified atom stereocenters. The lowest BCUT2D eigenvalue weighted by molar-refractivity contribution is 0.926. The molecule has 0 amide bonds. The Hall–Kier alpha value is 0.180. The van der Waals surface area contributed by atoms with Crippen molar-refractivity contribution in [3.63, 3.8) is 0 Å². The molecule has 0 aromatic rings. The van der Waals surface area contributed by atoms with E-state index >= 15 is 0 Å². The Kier molecular flexibility index (Phi) is 1.60. The van der Waals surface area contributed by atoms with Gasteiger partial charge >= 0.3 is 0 Å². The molecule has 0 N–H and O–H groups in total. The van der Waals surface area contributed by atoms with Gasteiger partial charge < -0.3 is 0 Å². The zero-order valence-corrected chi connectivity index (χ0v) is 6.62. The average Bonchev–Trinajstić information content (AvgIpc) is 2.09. The normalized spacial score (nSPS) is 39.1. The second kappa shape index (κ2) is 2.43. The summed E-state index contributed by atoms with van der Waals surface area (Å²) in [6.45, 7) is 0. The standard InChI is InChI=1S/C7H8S2/c1-2-4-7-5-6(3-1)8-9-7/h1-4,6-7H,5H2/t6-,7?/m1/s1. The van der Waals surface area contributed by atoms with Gasteiger partial charge in [-0.3, -0.25) is 0 Å². The van der Waals surface area contributed by atoms with Crippen molar-refractivity contribution in [2.24, 2.45) is 0 Å². The summed E-state index contributed by atoms with van der Waals surface area (Å²) in [4.78, 5) is 0. The SMILES string of the molecule is C1=CC2C[C@@H](C=C1)SS2. The maximum Gasteiger partial charge on any atom is 0.0348 e. The predicted octanol–water partition coefficient (Wildman–Crippen LogP) is 2.63. The molecule has 2 atom stereocenters. The maximum absolute atomic E-state index is 2.29. The van der Waals surface area contributed by atoms with E-state index in [1.54, 1.807) is 0 Å². The quantitative estimate of drug-likeness (QED) is 0.494. The highest BCUT2D eigenvalue weighted by molar-refractivity contribution is 8.77.